The molecule has 51 heavy (non-hydrogen) atoms. The number of hydrogen-bond donors (Lipinski definition) is 2. The van der Waals surface area contributed by atoms with Gasteiger partial charge >= 0.3 is 6.18 Å². The molecule has 7 rings (SSSR count). The zero-order valence-electron chi connectivity index (χ0n) is 27.7. The van der Waals surface area contributed by atoms with Crippen LogP contribution in [0.1, 0.15) is 71.9 Å². The average molecular weight is 728 g/mol. The number of amides is 2. The first kappa shape index (κ1) is 34.4. The van der Waals surface area contributed by atoms with Crippen LogP contribution in [0.3, 0.4) is 0 Å². The predicted octanol–water partition coefficient (Wildman–Crippen LogP) is 4.21. The third-order valence-electron chi connectivity index (χ3n) is 9.58. The summed E-state index contributed by atoms with van der Waals surface area (Å²) in [5, 5.41) is 17.5. The van der Waals surface area contributed by atoms with E-state index in [-0.39, 0.29) is 65.6 Å². The number of hydrogen-bond acceptors (Lipinski definition) is 10. The molecule has 4 aromatic rings. The van der Waals surface area contributed by atoms with E-state index in [9.17, 15) is 32.7 Å². The Hall–Kier alpha value is -5.03. The lowest BCUT2D eigenvalue weighted by Crippen LogP contribution is -2.55. The Balaban J connectivity index is 1.28. The number of nitrogens with one attached hydrogen (secondary N) is 1. The highest BCUT2D eigenvalue weighted by Crippen LogP contribution is 2.43. The molecule has 268 valence electrons. The second-order valence-corrected chi connectivity index (χ2v) is 13.3. The minimum absolute atomic E-state index is 0.00195. The van der Waals surface area contributed by atoms with E-state index in [1.165, 1.54) is 10.8 Å². The third kappa shape index (κ3) is 6.07. The number of benzene rings is 1. The normalized spacial score (nSPS) is 20.8. The molecule has 1 aromatic carbocycles. The van der Waals surface area contributed by atoms with Crippen molar-refractivity contribution < 1.29 is 32.6 Å². The van der Waals surface area contributed by atoms with Crippen molar-refractivity contribution in [3.63, 3.8) is 0 Å². The van der Waals surface area contributed by atoms with E-state index >= 15 is 0 Å². The number of carbonyl (C=O) groups excluding carboxylic acids is 2. The number of piperazine rings is 1. The van der Waals surface area contributed by atoms with Crippen LogP contribution in [-0.4, -0.2) is 89.8 Å². The summed E-state index contributed by atoms with van der Waals surface area (Å²) >= 11 is 6.19. The fourth-order valence-electron chi connectivity index (χ4n) is 6.98. The van der Waals surface area contributed by atoms with Crippen LogP contribution < -0.4 is 15.8 Å². The third-order valence-corrected chi connectivity index (χ3v) is 9.89. The highest BCUT2D eigenvalue weighted by atomic mass is 35.5. The van der Waals surface area contributed by atoms with Gasteiger partial charge in [-0.15, -0.1) is 5.10 Å². The number of aryl methyl sites for hydroxylation is 1. The van der Waals surface area contributed by atoms with Crippen LogP contribution >= 0.6 is 11.6 Å². The van der Waals surface area contributed by atoms with E-state index < -0.39 is 41.2 Å². The molecule has 0 bridgehead atoms. The molecule has 2 N–H and O–H groups in total. The van der Waals surface area contributed by atoms with Gasteiger partial charge in [0.2, 0.25) is 11.7 Å². The van der Waals surface area contributed by atoms with E-state index in [0.717, 1.165) is 23.8 Å². The Labute approximate surface area is 293 Å². The van der Waals surface area contributed by atoms with Crippen molar-refractivity contribution in [1.82, 2.24) is 34.0 Å². The number of anilines is 2. The molecular formula is C33H33ClF3N9O5. The minimum Gasteiger partial charge on any atom is -0.504 e. The van der Waals surface area contributed by atoms with Crippen molar-refractivity contribution in [2.24, 2.45) is 0 Å². The predicted molar refractivity (Wildman–Crippen MR) is 179 cm³/mol. The molecule has 14 nitrogen and oxygen atoms in total. The van der Waals surface area contributed by atoms with Crippen LogP contribution in [0.15, 0.2) is 35.4 Å². The molecule has 0 spiro atoms. The minimum atomic E-state index is -4.61. The highest BCUT2D eigenvalue weighted by Gasteiger charge is 2.42. The van der Waals surface area contributed by atoms with Crippen LogP contribution in [0, 0.1) is 6.92 Å². The Kier molecular flexibility index (Phi) is 8.73. The number of aromatic hydroxyl groups is 1. The molecule has 0 saturated carbocycles. The molecule has 3 atom stereocenters. The first-order chi connectivity index (χ1) is 24.2. The second kappa shape index (κ2) is 12.9. The maximum absolute atomic E-state index is 14.4. The van der Waals surface area contributed by atoms with Gasteiger partial charge in [0.1, 0.15) is 18.1 Å². The Bertz CT molecular complexity index is 2170. The van der Waals surface area contributed by atoms with Crippen LogP contribution in [-0.2, 0) is 15.7 Å². The molecule has 6 heterocycles. The number of nitrogens with zero attached hydrogens (tertiary/aromatic N) is 8. The number of ether oxygens (including phenoxy) is 1. The van der Waals surface area contributed by atoms with Gasteiger partial charge in [0, 0.05) is 31.6 Å². The zero-order valence-corrected chi connectivity index (χ0v) is 28.5. The van der Waals surface area contributed by atoms with Crippen LogP contribution in [0.4, 0.5) is 24.5 Å². The molecule has 1 fully saturated rings. The summed E-state index contributed by atoms with van der Waals surface area (Å²) in [5.41, 5.74) is 0.392. The summed E-state index contributed by atoms with van der Waals surface area (Å²) in [5.74, 6) is -1.21. The number of rotatable bonds is 5. The van der Waals surface area contributed by atoms with Gasteiger partial charge in [-0.05, 0) is 50.5 Å². The molecule has 18 heteroatoms. The fourth-order valence-corrected chi connectivity index (χ4v) is 7.20. The SMILES string of the molecule is Cc1ncnc(C(=O)N2CCN(c3c4n(c5nc(C6=CCOCC6)nn5c3=O)[C@H](C(=O)Nc3ccc(C(F)(F)F)cc3Cl)C[C@@H]4C)C[C@H]2C)c1O. The van der Waals surface area contributed by atoms with Crippen molar-refractivity contribution in [2.75, 3.05) is 43.1 Å². The smallest absolute Gasteiger partial charge is 0.416 e. The molecular weight excluding hydrogens is 695 g/mol. The van der Waals surface area contributed by atoms with Crippen molar-refractivity contribution in [3.8, 4) is 5.75 Å². The lowest BCUT2D eigenvalue weighted by atomic mass is 10.0. The van der Waals surface area contributed by atoms with E-state index in [1.807, 2.05) is 24.8 Å². The van der Waals surface area contributed by atoms with Crippen LogP contribution in [0.25, 0.3) is 11.4 Å². The molecule has 3 aliphatic heterocycles. The molecule has 1 saturated heterocycles. The molecule has 3 aromatic heterocycles. The van der Waals surface area contributed by atoms with Gasteiger partial charge in [-0.3, -0.25) is 19.0 Å². The van der Waals surface area contributed by atoms with Crippen molar-refractivity contribution in [3.05, 3.63) is 74.4 Å². The van der Waals surface area contributed by atoms with Crippen molar-refractivity contribution in [1.29, 1.82) is 0 Å². The summed E-state index contributed by atoms with van der Waals surface area (Å²) in [6.07, 6.45) is -0.798. The molecule has 0 unspecified atom stereocenters. The number of aromatic nitrogens is 6. The average Bonchev–Trinajstić information content (AvgIpc) is 3.69. The van der Waals surface area contributed by atoms with Gasteiger partial charge in [0.15, 0.2) is 17.3 Å². The van der Waals surface area contributed by atoms with Gasteiger partial charge < -0.3 is 25.0 Å². The van der Waals surface area contributed by atoms with Gasteiger partial charge in [0.25, 0.3) is 11.5 Å². The monoisotopic (exact) mass is 727 g/mol. The van der Waals surface area contributed by atoms with Crippen molar-refractivity contribution in [2.45, 2.75) is 57.8 Å². The number of carbonyl (C=O) groups is 2. The van der Waals surface area contributed by atoms with E-state index in [2.05, 4.69) is 20.4 Å². The van der Waals surface area contributed by atoms with Crippen molar-refractivity contribution >= 4 is 46.1 Å². The van der Waals surface area contributed by atoms with Gasteiger partial charge in [-0.2, -0.15) is 22.7 Å². The summed E-state index contributed by atoms with van der Waals surface area (Å²) in [7, 11) is 0. The summed E-state index contributed by atoms with van der Waals surface area (Å²) in [6.45, 7) is 6.75. The molecule has 2 amide bonds. The maximum atomic E-state index is 14.4. The highest BCUT2D eigenvalue weighted by molar-refractivity contribution is 6.33. The quantitative estimate of drug-likeness (QED) is 0.305. The maximum Gasteiger partial charge on any atom is 0.416 e. The lowest BCUT2D eigenvalue weighted by molar-refractivity contribution is -0.137. The zero-order chi connectivity index (χ0) is 36.4. The lowest BCUT2D eigenvalue weighted by Gasteiger charge is -2.41. The summed E-state index contributed by atoms with van der Waals surface area (Å²) in [6, 6.07) is 1.34. The van der Waals surface area contributed by atoms with Gasteiger partial charge in [-0.1, -0.05) is 24.6 Å². The molecule has 0 aliphatic carbocycles. The second-order valence-electron chi connectivity index (χ2n) is 12.9. The standard InChI is InChI=1S/C33H33ClF3N9O5/c1-16-12-23(29(48)40-22-5-4-20(13-21(22)34)33(35,36)37)45-25(16)26(31(50)46-32(45)41-28(42-46)19-6-10-51-11-7-19)43-8-9-44(17(2)14-43)30(49)24-27(47)18(3)38-15-39-24/h4-6,13,15-17,23,47H,7-12,14H2,1-3H3,(H,40,48)/t16-,17+,23-/m0/s1. The Morgan fingerprint density at radius 3 is 2.63 bits per heavy atom. The van der Waals surface area contributed by atoms with Gasteiger partial charge in [-0.25, -0.2) is 9.97 Å². The van der Waals surface area contributed by atoms with Crippen LogP contribution in [0.2, 0.25) is 5.02 Å². The Morgan fingerprint density at radius 1 is 1.16 bits per heavy atom. The summed E-state index contributed by atoms with van der Waals surface area (Å²) in [4.78, 5) is 57.9. The number of alkyl halides is 3. The molecule has 3 aliphatic rings. The Morgan fingerprint density at radius 2 is 1.94 bits per heavy atom. The van der Waals surface area contributed by atoms with E-state index in [0.29, 0.717) is 36.8 Å². The van der Waals surface area contributed by atoms with Crippen LogP contribution in [0.5, 0.6) is 5.75 Å². The number of halogens is 4. The first-order valence-electron chi connectivity index (χ1n) is 16.3. The van der Waals surface area contributed by atoms with E-state index in [4.69, 9.17) is 21.3 Å². The number of fused-ring (bicyclic) bond motifs is 3. The van der Waals surface area contributed by atoms with E-state index in [1.54, 1.807) is 16.4 Å². The topological polar surface area (TPSA) is 160 Å². The molecule has 0 radical (unpaired) electrons. The fraction of sp³-hybridized carbons (Fsp3) is 0.424. The summed E-state index contributed by atoms with van der Waals surface area (Å²) < 4.78 is 48.1. The largest absolute Gasteiger partial charge is 0.504 e. The van der Waals surface area contributed by atoms with Gasteiger partial charge in [0.05, 0.1) is 40.9 Å². The first-order valence-corrected chi connectivity index (χ1v) is 16.7.